The van der Waals surface area contributed by atoms with Gasteiger partial charge in [-0.05, 0) is 24.1 Å². The van der Waals surface area contributed by atoms with Gasteiger partial charge in [0.05, 0.1) is 18.8 Å². The molecule has 0 spiro atoms. The van der Waals surface area contributed by atoms with Gasteiger partial charge in [-0.25, -0.2) is 0 Å². The van der Waals surface area contributed by atoms with E-state index in [-0.39, 0.29) is 17.9 Å². The van der Waals surface area contributed by atoms with E-state index in [9.17, 15) is 4.79 Å². The van der Waals surface area contributed by atoms with Gasteiger partial charge in [-0.15, -0.1) is 0 Å². The van der Waals surface area contributed by atoms with Gasteiger partial charge < -0.3 is 15.8 Å². The molecule has 0 heterocycles. The number of ether oxygens (including phenoxy) is 1. The van der Waals surface area contributed by atoms with Crippen LogP contribution in [-0.4, -0.2) is 19.1 Å². The quantitative estimate of drug-likeness (QED) is 0.816. The number of methoxy groups -OCH3 is 1. The van der Waals surface area contributed by atoms with E-state index in [1.54, 1.807) is 25.3 Å². The molecule has 3 N–H and O–H groups in total. The molecule has 0 radical (unpaired) electrons. The number of benzene rings is 1. The molecule has 2 atom stereocenters. The van der Waals surface area contributed by atoms with Crippen molar-refractivity contribution in [1.82, 2.24) is 5.32 Å². The number of carbonyl (C=O) groups is 1. The van der Waals surface area contributed by atoms with Gasteiger partial charge in [0.15, 0.2) is 0 Å². The Labute approximate surface area is 112 Å². The van der Waals surface area contributed by atoms with Crippen molar-refractivity contribution in [2.75, 3.05) is 12.8 Å². The number of nitrogen functional groups attached to an aromatic ring is 1. The average Bonchev–Trinajstić information content (AvgIpc) is 2.41. The Morgan fingerprint density at radius 2 is 2.05 bits per heavy atom. The molecule has 100 valence electrons. The van der Waals surface area contributed by atoms with E-state index in [0.717, 1.165) is 0 Å². The molecule has 0 saturated heterocycles. The molecule has 0 aromatic heterocycles. The third kappa shape index (κ3) is 2.96. The Bertz CT molecular complexity index is 535. The summed E-state index contributed by atoms with van der Waals surface area (Å²) in [4.78, 5) is 12.1. The summed E-state index contributed by atoms with van der Waals surface area (Å²) in [5, 5.41) is 2.98. The molecule has 0 bridgehead atoms. The zero-order valence-corrected chi connectivity index (χ0v) is 11.1. The van der Waals surface area contributed by atoms with Crippen molar-refractivity contribution < 1.29 is 9.53 Å². The van der Waals surface area contributed by atoms with E-state index in [1.807, 2.05) is 18.2 Å². The van der Waals surface area contributed by atoms with Crippen LogP contribution in [0.15, 0.2) is 42.5 Å². The first-order valence-electron chi connectivity index (χ1n) is 6.21. The molecule has 2 unspecified atom stereocenters. The summed E-state index contributed by atoms with van der Waals surface area (Å²) in [6.45, 7) is 2.06. The molecule has 0 aliphatic heterocycles. The van der Waals surface area contributed by atoms with Gasteiger partial charge in [-0.2, -0.15) is 0 Å². The van der Waals surface area contributed by atoms with Crippen molar-refractivity contribution in [1.29, 1.82) is 0 Å². The largest absolute Gasteiger partial charge is 0.495 e. The van der Waals surface area contributed by atoms with E-state index in [4.69, 9.17) is 10.5 Å². The fraction of sp³-hybridized carbons (Fsp3) is 0.267. The SMILES string of the molecule is COc1ccc(C(=O)NC2C=CC=CC2C)cc1N. The van der Waals surface area contributed by atoms with Gasteiger partial charge in [0, 0.05) is 5.56 Å². The van der Waals surface area contributed by atoms with Crippen LogP contribution in [-0.2, 0) is 0 Å². The topological polar surface area (TPSA) is 64.3 Å². The standard InChI is InChI=1S/C15H18N2O2/c1-10-5-3-4-6-13(10)17-15(18)11-7-8-14(19-2)12(16)9-11/h3-10,13H,16H2,1-2H3,(H,17,18). The number of nitrogens with two attached hydrogens (primary N) is 1. The first-order chi connectivity index (χ1) is 9.11. The fourth-order valence-electron chi connectivity index (χ4n) is 2.01. The predicted octanol–water partition coefficient (Wildman–Crippen LogP) is 2.14. The zero-order valence-electron chi connectivity index (χ0n) is 11.1. The van der Waals surface area contributed by atoms with Crippen LogP contribution in [0.1, 0.15) is 17.3 Å². The molecule has 1 aliphatic rings. The Kier molecular flexibility index (Phi) is 3.90. The molecule has 4 heteroatoms. The molecule has 19 heavy (non-hydrogen) atoms. The number of hydrogen-bond donors (Lipinski definition) is 2. The Hall–Kier alpha value is -2.23. The summed E-state index contributed by atoms with van der Waals surface area (Å²) >= 11 is 0. The number of carbonyl (C=O) groups excluding carboxylic acids is 1. The summed E-state index contributed by atoms with van der Waals surface area (Å²) in [6.07, 6.45) is 7.97. The Balaban J connectivity index is 2.10. The number of hydrogen-bond acceptors (Lipinski definition) is 3. The molecule has 0 fully saturated rings. The van der Waals surface area contributed by atoms with Gasteiger partial charge in [0.2, 0.25) is 0 Å². The van der Waals surface area contributed by atoms with Crippen molar-refractivity contribution in [3.8, 4) is 5.75 Å². The maximum atomic E-state index is 12.1. The van der Waals surface area contributed by atoms with Crippen LogP contribution in [0, 0.1) is 5.92 Å². The van der Waals surface area contributed by atoms with Crippen LogP contribution in [0.25, 0.3) is 0 Å². The second-order valence-electron chi connectivity index (χ2n) is 4.58. The summed E-state index contributed by atoms with van der Waals surface area (Å²) in [5.74, 6) is 0.723. The lowest BCUT2D eigenvalue weighted by molar-refractivity contribution is 0.0938. The van der Waals surface area contributed by atoms with Gasteiger partial charge in [-0.1, -0.05) is 31.2 Å². The molecular formula is C15H18N2O2. The maximum Gasteiger partial charge on any atom is 0.251 e. The maximum absolute atomic E-state index is 12.1. The Morgan fingerprint density at radius 3 is 2.68 bits per heavy atom. The summed E-state index contributed by atoms with van der Waals surface area (Å²) in [5.41, 5.74) is 6.80. The molecule has 1 amide bonds. The summed E-state index contributed by atoms with van der Waals surface area (Å²) < 4.78 is 5.07. The molecule has 1 aromatic carbocycles. The lowest BCUT2D eigenvalue weighted by Gasteiger charge is -2.21. The van der Waals surface area contributed by atoms with E-state index in [0.29, 0.717) is 17.0 Å². The van der Waals surface area contributed by atoms with E-state index in [2.05, 4.69) is 18.3 Å². The second-order valence-corrected chi connectivity index (χ2v) is 4.58. The minimum Gasteiger partial charge on any atom is -0.495 e. The van der Waals surface area contributed by atoms with Crippen molar-refractivity contribution in [2.45, 2.75) is 13.0 Å². The monoisotopic (exact) mass is 258 g/mol. The molecule has 2 rings (SSSR count). The van der Waals surface area contributed by atoms with Crippen LogP contribution in [0.2, 0.25) is 0 Å². The van der Waals surface area contributed by atoms with Crippen molar-refractivity contribution in [3.63, 3.8) is 0 Å². The van der Waals surface area contributed by atoms with E-state index >= 15 is 0 Å². The van der Waals surface area contributed by atoms with Crippen LogP contribution in [0.4, 0.5) is 5.69 Å². The van der Waals surface area contributed by atoms with E-state index < -0.39 is 0 Å². The van der Waals surface area contributed by atoms with Crippen LogP contribution < -0.4 is 15.8 Å². The molecule has 1 aliphatic carbocycles. The minimum atomic E-state index is -0.133. The number of amides is 1. The molecule has 4 nitrogen and oxygen atoms in total. The highest BCUT2D eigenvalue weighted by Crippen LogP contribution is 2.22. The lowest BCUT2D eigenvalue weighted by Crippen LogP contribution is -2.38. The van der Waals surface area contributed by atoms with Crippen LogP contribution >= 0.6 is 0 Å². The smallest absolute Gasteiger partial charge is 0.251 e. The summed E-state index contributed by atoms with van der Waals surface area (Å²) in [6, 6.07) is 5.05. The molecule has 1 aromatic rings. The summed E-state index contributed by atoms with van der Waals surface area (Å²) in [7, 11) is 1.55. The first kappa shape index (κ1) is 13.2. The highest BCUT2D eigenvalue weighted by Gasteiger charge is 2.17. The lowest BCUT2D eigenvalue weighted by atomic mass is 9.97. The third-order valence-electron chi connectivity index (χ3n) is 3.20. The number of nitrogens with one attached hydrogen (secondary N) is 1. The fourth-order valence-corrected chi connectivity index (χ4v) is 2.01. The number of allylic oxidation sites excluding steroid dienone is 2. The van der Waals surface area contributed by atoms with Crippen molar-refractivity contribution >= 4 is 11.6 Å². The minimum absolute atomic E-state index is 0.0147. The van der Waals surface area contributed by atoms with Crippen LogP contribution in [0.3, 0.4) is 0 Å². The average molecular weight is 258 g/mol. The number of anilines is 1. The second kappa shape index (κ2) is 5.61. The van der Waals surface area contributed by atoms with Gasteiger partial charge >= 0.3 is 0 Å². The molecule has 0 saturated carbocycles. The van der Waals surface area contributed by atoms with Crippen molar-refractivity contribution in [2.24, 2.45) is 5.92 Å². The third-order valence-corrected chi connectivity index (χ3v) is 3.20. The zero-order chi connectivity index (χ0) is 13.8. The van der Waals surface area contributed by atoms with Gasteiger partial charge in [0.25, 0.3) is 5.91 Å². The predicted molar refractivity (Wildman–Crippen MR) is 76.1 cm³/mol. The van der Waals surface area contributed by atoms with E-state index in [1.165, 1.54) is 0 Å². The normalized spacial score (nSPS) is 21.2. The number of rotatable bonds is 3. The van der Waals surface area contributed by atoms with Gasteiger partial charge in [-0.3, -0.25) is 4.79 Å². The first-order valence-corrected chi connectivity index (χ1v) is 6.21. The highest BCUT2D eigenvalue weighted by molar-refractivity contribution is 5.95. The van der Waals surface area contributed by atoms with Crippen LogP contribution in [0.5, 0.6) is 5.75 Å². The highest BCUT2D eigenvalue weighted by atomic mass is 16.5. The van der Waals surface area contributed by atoms with Gasteiger partial charge in [0.1, 0.15) is 5.75 Å². The Morgan fingerprint density at radius 1 is 1.32 bits per heavy atom. The van der Waals surface area contributed by atoms with Crippen molar-refractivity contribution in [3.05, 3.63) is 48.1 Å². The molecular weight excluding hydrogens is 240 g/mol.